The smallest absolute Gasteiger partial charge is 0.350 e. The second-order valence-corrected chi connectivity index (χ2v) is 7.23. The summed E-state index contributed by atoms with van der Waals surface area (Å²) >= 11 is 0. The largest absolute Gasteiger partial charge is 0.417 e. The van der Waals surface area contributed by atoms with Gasteiger partial charge in [0.25, 0.3) is 0 Å². The van der Waals surface area contributed by atoms with E-state index in [0.717, 1.165) is 47.3 Å². The van der Waals surface area contributed by atoms with Crippen LogP contribution in [0.5, 0.6) is 0 Å². The summed E-state index contributed by atoms with van der Waals surface area (Å²) in [5.74, 6) is 1.26. The van der Waals surface area contributed by atoms with Gasteiger partial charge < -0.3 is 4.90 Å². The Bertz CT molecular complexity index is 1040. The van der Waals surface area contributed by atoms with Gasteiger partial charge in [0, 0.05) is 42.5 Å². The molecule has 0 amide bonds. The molecule has 9 heteroatoms. The van der Waals surface area contributed by atoms with Crippen molar-refractivity contribution in [1.29, 1.82) is 0 Å². The molecule has 140 valence electrons. The first kappa shape index (κ1) is 16.5. The third kappa shape index (κ3) is 2.72. The van der Waals surface area contributed by atoms with Crippen molar-refractivity contribution in [3.05, 3.63) is 46.5 Å². The fourth-order valence-corrected chi connectivity index (χ4v) is 3.85. The zero-order valence-electron chi connectivity index (χ0n) is 14.7. The van der Waals surface area contributed by atoms with Crippen molar-refractivity contribution >= 4 is 11.5 Å². The highest BCUT2D eigenvalue weighted by Gasteiger charge is 2.35. The van der Waals surface area contributed by atoms with Gasteiger partial charge in [-0.3, -0.25) is 4.98 Å². The summed E-state index contributed by atoms with van der Waals surface area (Å²) in [6.45, 7) is 3.06. The fourth-order valence-electron chi connectivity index (χ4n) is 3.85. The van der Waals surface area contributed by atoms with E-state index >= 15 is 0 Å². The molecule has 0 spiro atoms. The molecule has 3 aromatic heterocycles. The highest BCUT2D eigenvalue weighted by Crippen LogP contribution is 2.46. The highest BCUT2D eigenvalue weighted by molar-refractivity contribution is 5.62. The molecule has 0 bridgehead atoms. The topological polar surface area (TPSA) is 59.2 Å². The minimum absolute atomic E-state index is 0.367. The van der Waals surface area contributed by atoms with Crippen molar-refractivity contribution < 1.29 is 13.2 Å². The van der Waals surface area contributed by atoms with Gasteiger partial charge in [-0.2, -0.15) is 17.7 Å². The van der Waals surface area contributed by atoms with Gasteiger partial charge >= 0.3 is 6.18 Å². The number of hydrogen-bond donors (Lipinski definition) is 0. The number of halogens is 3. The Morgan fingerprint density at radius 2 is 2.04 bits per heavy atom. The number of aromatic nitrogens is 5. The molecule has 1 saturated carbocycles. The summed E-state index contributed by atoms with van der Waals surface area (Å²) in [6.07, 6.45) is 0.895. The molecule has 1 aliphatic carbocycles. The molecule has 0 atom stereocenters. The van der Waals surface area contributed by atoms with Crippen molar-refractivity contribution in [1.82, 2.24) is 24.8 Å². The van der Waals surface area contributed by atoms with Crippen LogP contribution >= 0.6 is 0 Å². The van der Waals surface area contributed by atoms with Gasteiger partial charge in [-0.25, -0.2) is 0 Å². The second-order valence-electron chi connectivity index (χ2n) is 7.23. The van der Waals surface area contributed by atoms with Crippen molar-refractivity contribution in [2.75, 3.05) is 11.4 Å². The van der Waals surface area contributed by atoms with Crippen LogP contribution in [-0.4, -0.2) is 31.3 Å². The summed E-state index contributed by atoms with van der Waals surface area (Å²) in [5.41, 5.74) is 3.57. The fraction of sp³-hybridized carbons (Fsp3) is 0.444. The minimum Gasteiger partial charge on any atom is -0.350 e. The van der Waals surface area contributed by atoms with Gasteiger partial charge in [0.1, 0.15) is 6.33 Å². The number of nitrogens with zero attached hydrogens (tertiary/aromatic N) is 6. The van der Waals surface area contributed by atoms with Gasteiger partial charge in [-0.05, 0) is 37.3 Å². The first-order valence-electron chi connectivity index (χ1n) is 8.92. The lowest BCUT2D eigenvalue weighted by molar-refractivity contribution is -0.137. The van der Waals surface area contributed by atoms with Gasteiger partial charge in [-0.15, -0.1) is 15.3 Å². The van der Waals surface area contributed by atoms with Crippen LogP contribution in [-0.2, 0) is 19.1 Å². The zero-order chi connectivity index (χ0) is 18.8. The maximum Gasteiger partial charge on any atom is 0.417 e. The number of anilines is 1. The van der Waals surface area contributed by atoms with Gasteiger partial charge in [0.2, 0.25) is 0 Å². The summed E-state index contributed by atoms with van der Waals surface area (Å²) in [5, 5.41) is 12.8. The van der Waals surface area contributed by atoms with Crippen LogP contribution in [0, 0.1) is 6.92 Å². The maximum atomic E-state index is 13.1. The van der Waals surface area contributed by atoms with Crippen LogP contribution in [0.4, 0.5) is 19.0 Å². The van der Waals surface area contributed by atoms with Crippen molar-refractivity contribution in [3.63, 3.8) is 0 Å². The predicted octanol–water partition coefficient (Wildman–Crippen LogP) is 3.29. The van der Waals surface area contributed by atoms with Crippen LogP contribution in [0.15, 0.2) is 18.6 Å². The lowest BCUT2D eigenvalue weighted by Crippen LogP contribution is -2.33. The molecule has 1 fully saturated rings. The number of pyridine rings is 1. The van der Waals surface area contributed by atoms with Crippen LogP contribution < -0.4 is 4.90 Å². The van der Waals surface area contributed by atoms with Crippen molar-refractivity contribution in [2.45, 2.75) is 44.8 Å². The Balaban J connectivity index is 1.58. The number of alkyl halides is 3. The molecule has 0 unspecified atom stereocenters. The average Bonchev–Trinajstić information content (AvgIpc) is 3.36. The van der Waals surface area contributed by atoms with Crippen molar-refractivity contribution in [2.24, 2.45) is 0 Å². The Labute approximate surface area is 153 Å². The molecular formula is C18H17F3N6. The SMILES string of the molecule is Cc1c(C2CC2)c(N2CCc3ncc(C(F)(F)F)cc3C2)nn2cnnc12. The number of rotatable bonds is 2. The Morgan fingerprint density at radius 1 is 1.22 bits per heavy atom. The molecule has 1 aliphatic heterocycles. The molecule has 5 rings (SSSR count). The molecule has 27 heavy (non-hydrogen) atoms. The van der Waals surface area contributed by atoms with E-state index in [9.17, 15) is 13.2 Å². The van der Waals surface area contributed by atoms with Crippen LogP contribution in [0.3, 0.4) is 0 Å². The average molecular weight is 374 g/mol. The second kappa shape index (κ2) is 5.64. The molecule has 2 aliphatic rings. The van der Waals surface area contributed by atoms with Gasteiger partial charge in [0.05, 0.1) is 5.56 Å². The first-order chi connectivity index (χ1) is 12.9. The zero-order valence-corrected chi connectivity index (χ0v) is 14.7. The lowest BCUT2D eigenvalue weighted by atomic mass is 10.0. The summed E-state index contributed by atoms with van der Waals surface area (Å²) < 4.78 is 40.8. The number of fused-ring (bicyclic) bond motifs is 2. The minimum atomic E-state index is -4.39. The van der Waals surface area contributed by atoms with Crippen molar-refractivity contribution in [3.8, 4) is 0 Å². The molecule has 0 saturated heterocycles. The molecule has 0 N–H and O–H groups in total. The van der Waals surface area contributed by atoms with Gasteiger partial charge in [-0.1, -0.05) is 0 Å². The molecule has 0 radical (unpaired) electrons. The number of aryl methyl sites for hydroxylation is 1. The molecule has 6 nitrogen and oxygen atoms in total. The third-order valence-corrected chi connectivity index (χ3v) is 5.37. The summed E-state index contributed by atoms with van der Waals surface area (Å²) in [4.78, 5) is 6.11. The lowest BCUT2D eigenvalue weighted by Gasteiger charge is -2.31. The third-order valence-electron chi connectivity index (χ3n) is 5.37. The molecule has 4 heterocycles. The summed E-state index contributed by atoms with van der Waals surface area (Å²) in [6, 6.07) is 1.22. The summed E-state index contributed by atoms with van der Waals surface area (Å²) in [7, 11) is 0. The van der Waals surface area contributed by atoms with Crippen LogP contribution in [0.2, 0.25) is 0 Å². The van der Waals surface area contributed by atoms with E-state index < -0.39 is 11.7 Å². The van der Waals surface area contributed by atoms with E-state index in [1.54, 1.807) is 10.8 Å². The van der Waals surface area contributed by atoms with E-state index in [0.29, 0.717) is 31.0 Å². The van der Waals surface area contributed by atoms with Crippen LogP contribution in [0.25, 0.3) is 5.65 Å². The molecule has 0 aromatic carbocycles. The van der Waals surface area contributed by atoms with E-state index in [1.807, 2.05) is 6.92 Å². The quantitative estimate of drug-likeness (QED) is 0.689. The van der Waals surface area contributed by atoms with Gasteiger partial charge in [0.15, 0.2) is 11.5 Å². The normalized spacial score (nSPS) is 17.4. The first-order valence-corrected chi connectivity index (χ1v) is 8.92. The predicted molar refractivity (Wildman–Crippen MR) is 91.5 cm³/mol. The van der Waals surface area contributed by atoms with E-state index in [2.05, 4.69) is 20.1 Å². The maximum absolute atomic E-state index is 13.1. The Hall–Kier alpha value is -2.71. The number of hydrogen-bond acceptors (Lipinski definition) is 5. The standard InChI is InChI=1S/C18H17F3N6/c1-10-15(11-2-3-11)17(25-27-9-23-24-16(10)27)26-5-4-14-12(8-26)6-13(7-22-14)18(19,20)21/h6-7,9,11H,2-5,8H2,1H3. The Morgan fingerprint density at radius 3 is 2.78 bits per heavy atom. The highest BCUT2D eigenvalue weighted by atomic mass is 19.4. The van der Waals surface area contributed by atoms with E-state index in [4.69, 9.17) is 5.10 Å². The van der Waals surface area contributed by atoms with E-state index in [-0.39, 0.29) is 0 Å². The van der Waals surface area contributed by atoms with Crippen LogP contribution in [0.1, 0.15) is 46.7 Å². The monoisotopic (exact) mass is 374 g/mol. The molecular weight excluding hydrogens is 357 g/mol. The van der Waals surface area contributed by atoms with E-state index in [1.165, 1.54) is 6.07 Å². The Kier molecular flexibility index (Phi) is 3.44. The molecule has 3 aromatic rings.